The molecule has 0 spiro atoms. The zero-order chi connectivity index (χ0) is 14.1. The fraction of sp³-hybridized carbons (Fsp3) is 0.211. The fourth-order valence-corrected chi connectivity index (χ4v) is 3.02. The minimum absolute atomic E-state index is 0.318. The summed E-state index contributed by atoms with van der Waals surface area (Å²) in [7, 11) is 0. The van der Waals surface area contributed by atoms with Gasteiger partial charge in [-0.2, -0.15) is 0 Å². The van der Waals surface area contributed by atoms with Gasteiger partial charge >= 0.3 is 0 Å². The molecule has 21 heavy (non-hydrogen) atoms. The average Bonchev–Trinajstić information content (AvgIpc) is 3.35. The Balaban J connectivity index is 1.59. The van der Waals surface area contributed by atoms with Gasteiger partial charge in [0, 0.05) is 23.5 Å². The molecule has 0 bridgehead atoms. The van der Waals surface area contributed by atoms with Crippen molar-refractivity contribution in [3.63, 3.8) is 0 Å². The lowest BCUT2D eigenvalue weighted by Crippen LogP contribution is -2.19. The summed E-state index contributed by atoms with van der Waals surface area (Å²) in [6, 6.07) is 21.3. The van der Waals surface area contributed by atoms with Crippen molar-refractivity contribution in [2.24, 2.45) is 0 Å². The molecule has 0 atom stereocenters. The second-order valence-electron chi connectivity index (χ2n) is 5.88. The molecular weight excluding hydrogens is 256 g/mol. The van der Waals surface area contributed by atoms with E-state index in [4.69, 9.17) is 0 Å². The first-order valence-corrected chi connectivity index (χ1v) is 7.51. The zero-order valence-electron chi connectivity index (χ0n) is 11.9. The van der Waals surface area contributed by atoms with Crippen LogP contribution in [0.25, 0.3) is 10.9 Å². The first-order valence-electron chi connectivity index (χ1n) is 7.51. The quantitative estimate of drug-likeness (QED) is 0.763. The van der Waals surface area contributed by atoms with E-state index in [0.29, 0.717) is 5.41 Å². The van der Waals surface area contributed by atoms with Gasteiger partial charge in [-0.25, -0.2) is 0 Å². The lowest BCUT2D eigenvalue weighted by atomic mass is 9.96. The lowest BCUT2D eigenvalue weighted by Gasteiger charge is -2.18. The Morgan fingerprint density at radius 3 is 2.52 bits per heavy atom. The predicted octanol–water partition coefficient (Wildman–Crippen LogP) is 4.38. The van der Waals surface area contributed by atoms with Gasteiger partial charge in [0.15, 0.2) is 0 Å². The van der Waals surface area contributed by atoms with Crippen LogP contribution in [0, 0.1) is 0 Å². The molecule has 2 aromatic carbocycles. The van der Waals surface area contributed by atoms with Gasteiger partial charge in [0.05, 0.1) is 11.2 Å². The SMILES string of the molecule is c1ccc(C2(CNc3cccc4cccnc34)CC2)cc1. The van der Waals surface area contributed by atoms with E-state index in [1.807, 2.05) is 12.3 Å². The summed E-state index contributed by atoms with van der Waals surface area (Å²) in [5, 5.41) is 4.81. The molecule has 0 saturated heterocycles. The summed E-state index contributed by atoms with van der Waals surface area (Å²) in [6.07, 6.45) is 4.39. The van der Waals surface area contributed by atoms with E-state index in [0.717, 1.165) is 17.7 Å². The molecule has 0 unspecified atom stereocenters. The van der Waals surface area contributed by atoms with Crippen LogP contribution in [0.2, 0.25) is 0 Å². The lowest BCUT2D eigenvalue weighted by molar-refractivity contribution is 0.733. The van der Waals surface area contributed by atoms with Crippen LogP contribution in [-0.4, -0.2) is 11.5 Å². The molecule has 0 amide bonds. The number of benzene rings is 2. The number of nitrogens with one attached hydrogen (secondary N) is 1. The minimum atomic E-state index is 0.318. The van der Waals surface area contributed by atoms with Crippen LogP contribution < -0.4 is 5.32 Å². The van der Waals surface area contributed by atoms with Crippen LogP contribution in [0.1, 0.15) is 18.4 Å². The summed E-state index contributed by atoms with van der Waals surface area (Å²) in [5.74, 6) is 0. The number of pyridine rings is 1. The third-order valence-electron chi connectivity index (χ3n) is 4.49. The topological polar surface area (TPSA) is 24.9 Å². The van der Waals surface area contributed by atoms with Crippen molar-refractivity contribution in [3.8, 4) is 0 Å². The highest BCUT2D eigenvalue weighted by molar-refractivity contribution is 5.90. The Bertz CT molecular complexity index is 755. The number of hydrogen-bond donors (Lipinski definition) is 1. The van der Waals surface area contributed by atoms with E-state index in [9.17, 15) is 0 Å². The molecule has 0 aliphatic heterocycles. The summed E-state index contributed by atoms with van der Waals surface area (Å²) >= 11 is 0. The number of para-hydroxylation sites is 1. The fourth-order valence-electron chi connectivity index (χ4n) is 3.02. The number of hydrogen-bond acceptors (Lipinski definition) is 2. The van der Waals surface area contributed by atoms with Crippen molar-refractivity contribution in [3.05, 3.63) is 72.4 Å². The van der Waals surface area contributed by atoms with Crippen molar-refractivity contribution in [2.75, 3.05) is 11.9 Å². The first-order chi connectivity index (χ1) is 10.4. The molecule has 4 rings (SSSR count). The van der Waals surface area contributed by atoms with Gasteiger partial charge in [-0.05, 0) is 30.5 Å². The summed E-state index contributed by atoms with van der Waals surface area (Å²) in [4.78, 5) is 4.51. The van der Waals surface area contributed by atoms with Crippen LogP contribution >= 0.6 is 0 Å². The zero-order valence-corrected chi connectivity index (χ0v) is 11.9. The van der Waals surface area contributed by atoms with Crippen LogP contribution in [0.3, 0.4) is 0 Å². The number of aromatic nitrogens is 1. The highest BCUT2D eigenvalue weighted by atomic mass is 14.9. The molecule has 1 fully saturated rings. The number of fused-ring (bicyclic) bond motifs is 1. The molecule has 1 aliphatic carbocycles. The highest BCUT2D eigenvalue weighted by Gasteiger charge is 2.43. The molecular formula is C19H18N2. The van der Waals surface area contributed by atoms with E-state index in [1.54, 1.807) is 0 Å². The summed E-state index contributed by atoms with van der Waals surface area (Å²) in [5.41, 5.74) is 3.96. The van der Waals surface area contributed by atoms with Gasteiger partial charge in [0.1, 0.15) is 0 Å². The second-order valence-corrected chi connectivity index (χ2v) is 5.88. The number of nitrogens with zero attached hydrogens (tertiary/aromatic N) is 1. The molecule has 0 radical (unpaired) electrons. The van der Waals surface area contributed by atoms with Gasteiger partial charge < -0.3 is 5.32 Å². The standard InChI is InChI=1S/C19H18N2/c1-2-8-16(9-3-1)19(11-12-19)14-21-17-10-4-6-15-7-5-13-20-18(15)17/h1-10,13,21H,11-12,14H2. The number of rotatable bonds is 4. The molecule has 1 N–H and O–H groups in total. The first kappa shape index (κ1) is 12.4. The molecule has 3 aromatic rings. The van der Waals surface area contributed by atoms with E-state index in [-0.39, 0.29) is 0 Å². The van der Waals surface area contributed by atoms with Gasteiger partial charge in [-0.15, -0.1) is 0 Å². The van der Waals surface area contributed by atoms with Crippen LogP contribution in [0.4, 0.5) is 5.69 Å². The second kappa shape index (κ2) is 4.88. The maximum absolute atomic E-state index is 4.51. The minimum Gasteiger partial charge on any atom is -0.382 e. The van der Waals surface area contributed by atoms with Crippen LogP contribution in [0.5, 0.6) is 0 Å². The van der Waals surface area contributed by atoms with Crippen molar-refractivity contribution in [2.45, 2.75) is 18.3 Å². The Labute approximate surface area is 124 Å². The van der Waals surface area contributed by atoms with Crippen LogP contribution in [0.15, 0.2) is 66.9 Å². The Hall–Kier alpha value is -2.35. The predicted molar refractivity (Wildman–Crippen MR) is 87.6 cm³/mol. The normalized spacial score (nSPS) is 15.8. The average molecular weight is 274 g/mol. The monoisotopic (exact) mass is 274 g/mol. The van der Waals surface area contributed by atoms with Crippen molar-refractivity contribution in [1.29, 1.82) is 0 Å². The van der Waals surface area contributed by atoms with Crippen LogP contribution in [-0.2, 0) is 5.41 Å². The molecule has 1 aromatic heterocycles. The molecule has 104 valence electrons. The number of anilines is 1. The molecule has 1 saturated carbocycles. The van der Waals surface area contributed by atoms with E-state index in [1.165, 1.54) is 23.8 Å². The Kier molecular flexibility index (Phi) is 2.88. The molecule has 1 heterocycles. The van der Waals surface area contributed by atoms with Crippen molar-refractivity contribution < 1.29 is 0 Å². The molecule has 2 nitrogen and oxygen atoms in total. The third kappa shape index (κ3) is 2.27. The van der Waals surface area contributed by atoms with Crippen molar-refractivity contribution >= 4 is 16.6 Å². The van der Waals surface area contributed by atoms with Gasteiger partial charge in [0.2, 0.25) is 0 Å². The highest BCUT2D eigenvalue weighted by Crippen LogP contribution is 2.48. The van der Waals surface area contributed by atoms with E-state index < -0.39 is 0 Å². The maximum Gasteiger partial charge on any atom is 0.0933 e. The van der Waals surface area contributed by atoms with E-state index in [2.05, 4.69) is 64.9 Å². The Morgan fingerprint density at radius 2 is 1.71 bits per heavy atom. The van der Waals surface area contributed by atoms with Crippen molar-refractivity contribution in [1.82, 2.24) is 4.98 Å². The largest absolute Gasteiger partial charge is 0.382 e. The summed E-state index contributed by atoms with van der Waals surface area (Å²) < 4.78 is 0. The van der Waals surface area contributed by atoms with Gasteiger partial charge in [-0.3, -0.25) is 4.98 Å². The smallest absolute Gasteiger partial charge is 0.0933 e. The summed E-state index contributed by atoms with van der Waals surface area (Å²) in [6.45, 7) is 0.979. The van der Waals surface area contributed by atoms with Gasteiger partial charge in [0.25, 0.3) is 0 Å². The molecule has 1 aliphatic rings. The molecule has 2 heteroatoms. The third-order valence-corrected chi connectivity index (χ3v) is 4.49. The Morgan fingerprint density at radius 1 is 0.905 bits per heavy atom. The maximum atomic E-state index is 4.51. The van der Waals surface area contributed by atoms with E-state index >= 15 is 0 Å². The van der Waals surface area contributed by atoms with Gasteiger partial charge in [-0.1, -0.05) is 48.5 Å².